The van der Waals surface area contributed by atoms with Crippen molar-refractivity contribution in [1.82, 2.24) is 15.2 Å². The second-order valence-electron chi connectivity index (χ2n) is 5.02. The van der Waals surface area contributed by atoms with Crippen molar-refractivity contribution in [3.05, 3.63) is 42.1 Å². The van der Waals surface area contributed by atoms with Crippen molar-refractivity contribution in [2.45, 2.75) is 13.0 Å². The fourth-order valence-electron chi connectivity index (χ4n) is 2.51. The van der Waals surface area contributed by atoms with Gasteiger partial charge in [0, 0.05) is 42.8 Å². The Morgan fingerprint density at radius 2 is 2.32 bits per heavy atom. The van der Waals surface area contributed by atoms with Crippen molar-refractivity contribution in [3.63, 3.8) is 0 Å². The van der Waals surface area contributed by atoms with Crippen LogP contribution >= 0.6 is 0 Å². The van der Waals surface area contributed by atoms with Crippen LogP contribution in [-0.4, -0.2) is 41.5 Å². The lowest BCUT2D eigenvalue weighted by molar-refractivity contribution is 0.0709. The van der Waals surface area contributed by atoms with E-state index in [0.29, 0.717) is 6.04 Å². The molecule has 2 heterocycles. The molecule has 1 unspecified atom stereocenters. The first-order chi connectivity index (χ1) is 9.24. The highest BCUT2D eigenvalue weighted by atomic mass is 16.2. The van der Waals surface area contributed by atoms with Gasteiger partial charge in [-0.3, -0.25) is 9.78 Å². The maximum absolute atomic E-state index is 12.5. The van der Waals surface area contributed by atoms with Gasteiger partial charge in [-0.15, -0.1) is 0 Å². The SMILES string of the molecule is CC1CN(C(=O)c2ccc3ncccc3c2)CCN1. The van der Waals surface area contributed by atoms with Gasteiger partial charge in [-0.1, -0.05) is 6.07 Å². The second-order valence-corrected chi connectivity index (χ2v) is 5.02. The minimum absolute atomic E-state index is 0.110. The molecule has 1 aliphatic rings. The minimum Gasteiger partial charge on any atom is -0.336 e. The maximum Gasteiger partial charge on any atom is 0.253 e. The number of amides is 1. The quantitative estimate of drug-likeness (QED) is 0.843. The molecular weight excluding hydrogens is 238 g/mol. The summed E-state index contributed by atoms with van der Waals surface area (Å²) in [5.41, 5.74) is 1.67. The van der Waals surface area contributed by atoms with Crippen LogP contribution in [0.25, 0.3) is 10.9 Å². The lowest BCUT2D eigenvalue weighted by atomic mass is 10.1. The summed E-state index contributed by atoms with van der Waals surface area (Å²) in [5, 5.41) is 4.35. The van der Waals surface area contributed by atoms with Crippen molar-refractivity contribution in [2.75, 3.05) is 19.6 Å². The molecule has 0 radical (unpaired) electrons. The molecule has 19 heavy (non-hydrogen) atoms. The largest absolute Gasteiger partial charge is 0.336 e. The van der Waals surface area contributed by atoms with E-state index < -0.39 is 0 Å². The Hall–Kier alpha value is -1.94. The van der Waals surface area contributed by atoms with Crippen LogP contribution in [0, 0.1) is 0 Å². The molecule has 0 bridgehead atoms. The lowest BCUT2D eigenvalue weighted by Gasteiger charge is -2.32. The van der Waals surface area contributed by atoms with Crippen molar-refractivity contribution in [1.29, 1.82) is 0 Å². The van der Waals surface area contributed by atoms with E-state index in [1.54, 1.807) is 6.20 Å². The summed E-state index contributed by atoms with van der Waals surface area (Å²) in [5.74, 6) is 0.110. The number of carbonyl (C=O) groups excluding carboxylic acids is 1. The van der Waals surface area contributed by atoms with Crippen LogP contribution in [-0.2, 0) is 0 Å². The Morgan fingerprint density at radius 1 is 1.42 bits per heavy atom. The van der Waals surface area contributed by atoms with Crippen molar-refractivity contribution < 1.29 is 4.79 Å². The molecule has 4 heteroatoms. The molecule has 1 saturated heterocycles. The standard InChI is InChI=1S/C15H17N3O/c1-11-10-18(8-7-16-11)15(19)13-4-5-14-12(9-13)3-2-6-17-14/h2-6,9,11,16H,7-8,10H2,1H3. The zero-order chi connectivity index (χ0) is 13.2. The fraction of sp³-hybridized carbons (Fsp3) is 0.333. The zero-order valence-corrected chi connectivity index (χ0v) is 11.0. The Morgan fingerprint density at radius 3 is 3.16 bits per heavy atom. The third-order valence-electron chi connectivity index (χ3n) is 3.51. The number of nitrogens with zero attached hydrogens (tertiary/aromatic N) is 2. The van der Waals surface area contributed by atoms with Gasteiger partial charge in [0.1, 0.15) is 0 Å². The highest BCUT2D eigenvalue weighted by molar-refractivity contribution is 5.98. The molecule has 98 valence electrons. The molecule has 1 aromatic heterocycles. The number of piperazine rings is 1. The van der Waals surface area contributed by atoms with Gasteiger partial charge in [-0.2, -0.15) is 0 Å². The third kappa shape index (κ3) is 2.44. The number of benzene rings is 1. The van der Waals surface area contributed by atoms with E-state index >= 15 is 0 Å². The van der Waals surface area contributed by atoms with Gasteiger partial charge in [0.15, 0.2) is 0 Å². The average molecular weight is 255 g/mol. The lowest BCUT2D eigenvalue weighted by Crippen LogP contribution is -2.51. The summed E-state index contributed by atoms with van der Waals surface area (Å²) in [4.78, 5) is 18.7. The summed E-state index contributed by atoms with van der Waals surface area (Å²) in [6.45, 7) is 4.50. The molecule has 0 saturated carbocycles. The summed E-state index contributed by atoms with van der Waals surface area (Å²) < 4.78 is 0. The van der Waals surface area contributed by atoms with Crippen LogP contribution in [0.2, 0.25) is 0 Å². The molecule has 3 rings (SSSR count). The predicted octanol–water partition coefficient (Wildman–Crippen LogP) is 1.67. The number of pyridine rings is 1. The molecule has 2 aromatic rings. The summed E-state index contributed by atoms with van der Waals surface area (Å²) >= 11 is 0. The predicted molar refractivity (Wildman–Crippen MR) is 75.1 cm³/mol. The highest BCUT2D eigenvalue weighted by Crippen LogP contribution is 2.15. The Kier molecular flexibility index (Phi) is 3.17. The van der Waals surface area contributed by atoms with Crippen LogP contribution in [0.1, 0.15) is 17.3 Å². The van der Waals surface area contributed by atoms with E-state index in [4.69, 9.17) is 0 Å². The van der Waals surface area contributed by atoms with Crippen molar-refractivity contribution in [2.24, 2.45) is 0 Å². The van der Waals surface area contributed by atoms with Gasteiger partial charge in [-0.25, -0.2) is 0 Å². The van der Waals surface area contributed by atoms with Crippen LogP contribution < -0.4 is 5.32 Å². The first kappa shape index (κ1) is 12.1. The van der Waals surface area contributed by atoms with E-state index in [1.165, 1.54) is 0 Å². The van der Waals surface area contributed by atoms with Crippen molar-refractivity contribution in [3.8, 4) is 0 Å². The van der Waals surface area contributed by atoms with Crippen LogP contribution in [0.3, 0.4) is 0 Å². The summed E-state index contributed by atoms with van der Waals surface area (Å²) in [6.07, 6.45) is 1.77. The normalized spacial score (nSPS) is 19.6. The van der Waals surface area contributed by atoms with Crippen LogP contribution in [0.15, 0.2) is 36.5 Å². The maximum atomic E-state index is 12.5. The van der Waals surface area contributed by atoms with E-state index in [1.807, 2.05) is 35.2 Å². The number of fused-ring (bicyclic) bond motifs is 1. The molecule has 1 aromatic carbocycles. The first-order valence-corrected chi connectivity index (χ1v) is 6.61. The smallest absolute Gasteiger partial charge is 0.253 e. The number of carbonyl (C=O) groups is 1. The number of aromatic nitrogens is 1. The Bertz CT molecular complexity index is 611. The average Bonchev–Trinajstić information content (AvgIpc) is 2.46. The number of hydrogen-bond acceptors (Lipinski definition) is 3. The van der Waals surface area contributed by atoms with E-state index in [0.717, 1.165) is 36.1 Å². The Labute approximate surface area is 112 Å². The Balaban J connectivity index is 1.88. The number of rotatable bonds is 1. The second kappa shape index (κ2) is 4.97. The van der Waals surface area contributed by atoms with Gasteiger partial charge < -0.3 is 10.2 Å². The molecule has 1 atom stereocenters. The van der Waals surface area contributed by atoms with Gasteiger partial charge >= 0.3 is 0 Å². The fourth-order valence-corrected chi connectivity index (χ4v) is 2.51. The molecule has 1 N–H and O–H groups in total. The van der Waals surface area contributed by atoms with Crippen molar-refractivity contribution >= 4 is 16.8 Å². The molecule has 1 fully saturated rings. The molecule has 1 amide bonds. The third-order valence-corrected chi connectivity index (χ3v) is 3.51. The van der Waals surface area contributed by atoms with Crippen LogP contribution in [0.4, 0.5) is 0 Å². The molecular formula is C15H17N3O. The molecule has 0 spiro atoms. The number of nitrogens with one attached hydrogen (secondary N) is 1. The highest BCUT2D eigenvalue weighted by Gasteiger charge is 2.21. The first-order valence-electron chi connectivity index (χ1n) is 6.61. The zero-order valence-electron chi connectivity index (χ0n) is 11.0. The van der Waals surface area contributed by atoms with E-state index in [2.05, 4.69) is 17.2 Å². The summed E-state index contributed by atoms with van der Waals surface area (Å²) in [7, 11) is 0. The molecule has 1 aliphatic heterocycles. The molecule has 4 nitrogen and oxygen atoms in total. The van der Waals surface area contributed by atoms with E-state index in [-0.39, 0.29) is 5.91 Å². The van der Waals surface area contributed by atoms with E-state index in [9.17, 15) is 4.79 Å². The van der Waals surface area contributed by atoms with Gasteiger partial charge in [-0.05, 0) is 31.2 Å². The summed E-state index contributed by atoms with van der Waals surface area (Å²) in [6, 6.07) is 9.94. The monoisotopic (exact) mass is 255 g/mol. The van der Waals surface area contributed by atoms with Gasteiger partial charge in [0.25, 0.3) is 5.91 Å². The topological polar surface area (TPSA) is 45.2 Å². The van der Waals surface area contributed by atoms with Gasteiger partial charge in [0.05, 0.1) is 5.52 Å². The minimum atomic E-state index is 0.110. The number of hydrogen-bond donors (Lipinski definition) is 1. The van der Waals surface area contributed by atoms with Crippen LogP contribution in [0.5, 0.6) is 0 Å². The van der Waals surface area contributed by atoms with Gasteiger partial charge in [0.2, 0.25) is 0 Å². The molecule has 0 aliphatic carbocycles.